The summed E-state index contributed by atoms with van der Waals surface area (Å²) >= 11 is 1.08. The molecule has 7 nitrogen and oxygen atoms in total. The number of sulfonamides is 1. The second kappa shape index (κ2) is 9.71. The predicted molar refractivity (Wildman–Crippen MR) is 116 cm³/mol. The van der Waals surface area contributed by atoms with E-state index in [0.717, 1.165) is 11.8 Å². The molecule has 1 unspecified atom stereocenters. The van der Waals surface area contributed by atoms with Crippen molar-refractivity contribution in [1.29, 1.82) is 0 Å². The number of nitrogens with zero attached hydrogens (tertiary/aromatic N) is 3. The van der Waals surface area contributed by atoms with Crippen LogP contribution in [-0.4, -0.2) is 47.0 Å². The Morgan fingerprint density at radius 2 is 1.81 bits per heavy atom. The van der Waals surface area contributed by atoms with Gasteiger partial charge in [0.05, 0.1) is 10.1 Å². The number of rotatable bonds is 9. The second-order valence-electron chi connectivity index (χ2n) is 6.62. The fourth-order valence-corrected chi connectivity index (χ4v) is 5.19. The first kappa shape index (κ1) is 23.1. The molecule has 0 saturated carbocycles. The quantitative estimate of drug-likeness (QED) is 0.346. The van der Waals surface area contributed by atoms with Crippen LogP contribution in [0.15, 0.2) is 63.1 Å². The van der Waals surface area contributed by atoms with E-state index in [1.807, 2.05) is 0 Å². The van der Waals surface area contributed by atoms with E-state index in [0.29, 0.717) is 24.2 Å². The summed E-state index contributed by atoms with van der Waals surface area (Å²) in [4.78, 5) is 12.6. The molecule has 0 aliphatic rings. The van der Waals surface area contributed by atoms with E-state index in [9.17, 15) is 17.6 Å². The van der Waals surface area contributed by atoms with Gasteiger partial charge < -0.3 is 4.42 Å². The van der Waals surface area contributed by atoms with Crippen LogP contribution in [0.25, 0.3) is 11.5 Å². The molecule has 164 valence electrons. The maximum atomic E-state index is 13.1. The van der Waals surface area contributed by atoms with Crippen molar-refractivity contribution >= 4 is 27.6 Å². The molecule has 2 aromatic carbocycles. The lowest BCUT2D eigenvalue weighted by atomic mass is 10.1. The Balaban J connectivity index is 1.78. The third-order valence-corrected chi connectivity index (χ3v) is 7.59. The van der Waals surface area contributed by atoms with Crippen molar-refractivity contribution in [3.63, 3.8) is 0 Å². The molecule has 1 heterocycles. The van der Waals surface area contributed by atoms with Crippen molar-refractivity contribution in [2.45, 2.75) is 36.1 Å². The van der Waals surface area contributed by atoms with Crippen LogP contribution >= 0.6 is 11.8 Å². The number of carbonyl (C=O) groups is 1. The average molecular weight is 464 g/mol. The Morgan fingerprint density at radius 1 is 1.13 bits per heavy atom. The molecule has 0 spiro atoms. The zero-order valence-corrected chi connectivity index (χ0v) is 18.9. The lowest BCUT2D eigenvalue weighted by Crippen LogP contribution is -2.30. The second-order valence-corrected chi connectivity index (χ2v) is 9.85. The van der Waals surface area contributed by atoms with Gasteiger partial charge in [-0.3, -0.25) is 4.79 Å². The minimum atomic E-state index is -3.62. The fourth-order valence-electron chi connectivity index (χ4n) is 2.93. The number of thioether (sulfide) groups is 1. The smallest absolute Gasteiger partial charge is 0.277 e. The molecular formula is C21H22FN3O4S2. The third kappa shape index (κ3) is 5.20. The number of aromatic nitrogens is 2. The zero-order valence-electron chi connectivity index (χ0n) is 17.3. The predicted octanol–water partition coefficient (Wildman–Crippen LogP) is 4.27. The van der Waals surface area contributed by atoms with Crippen molar-refractivity contribution in [3.8, 4) is 11.5 Å². The molecule has 0 saturated heterocycles. The topological polar surface area (TPSA) is 93.4 Å². The largest absolute Gasteiger partial charge is 0.411 e. The van der Waals surface area contributed by atoms with Crippen molar-refractivity contribution in [2.75, 3.05) is 13.1 Å². The highest BCUT2D eigenvalue weighted by molar-refractivity contribution is 8.00. The Hall–Kier alpha value is -2.56. The standard InChI is InChI=1S/C21H22FN3O4S2/c1-4-25(5-2)31(27,28)18-8-6-7-16(13-18)20-23-24-21(29-20)30-14(3)19(26)15-9-11-17(22)12-10-15/h6-14H,4-5H2,1-3H3. The number of halogens is 1. The highest BCUT2D eigenvalue weighted by Crippen LogP contribution is 2.29. The fraction of sp³-hybridized carbons (Fsp3) is 0.286. The van der Waals surface area contributed by atoms with Gasteiger partial charge in [-0.05, 0) is 49.4 Å². The maximum absolute atomic E-state index is 13.1. The zero-order chi connectivity index (χ0) is 22.6. The van der Waals surface area contributed by atoms with Gasteiger partial charge in [-0.2, -0.15) is 4.31 Å². The van der Waals surface area contributed by atoms with Gasteiger partial charge in [0.25, 0.3) is 5.22 Å². The van der Waals surface area contributed by atoms with Gasteiger partial charge >= 0.3 is 0 Å². The molecule has 0 bridgehead atoms. The van der Waals surface area contributed by atoms with Crippen molar-refractivity contribution in [1.82, 2.24) is 14.5 Å². The van der Waals surface area contributed by atoms with Crippen LogP contribution in [0.1, 0.15) is 31.1 Å². The van der Waals surface area contributed by atoms with Gasteiger partial charge in [-0.25, -0.2) is 12.8 Å². The number of hydrogen-bond acceptors (Lipinski definition) is 7. The van der Waals surface area contributed by atoms with Crippen molar-refractivity contribution in [3.05, 3.63) is 59.9 Å². The Bertz CT molecular complexity index is 1160. The molecule has 3 aromatic rings. The number of hydrogen-bond donors (Lipinski definition) is 0. The molecule has 0 aliphatic heterocycles. The van der Waals surface area contributed by atoms with E-state index in [1.165, 1.54) is 40.7 Å². The lowest BCUT2D eigenvalue weighted by molar-refractivity contribution is 0.0993. The van der Waals surface area contributed by atoms with E-state index in [-0.39, 0.29) is 21.8 Å². The molecule has 1 atom stereocenters. The van der Waals surface area contributed by atoms with Gasteiger partial charge in [0.1, 0.15) is 5.82 Å². The summed E-state index contributed by atoms with van der Waals surface area (Å²) in [5, 5.41) is 7.58. The third-order valence-electron chi connectivity index (χ3n) is 4.61. The summed E-state index contributed by atoms with van der Waals surface area (Å²) in [6.45, 7) is 5.98. The number of Topliss-reactive ketones (excluding diaryl/α,β-unsaturated/α-hetero) is 1. The van der Waals surface area contributed by atoms with Crippen LogP contribution in [0.2, 0.25) is 0 Å². The molecule has 10 heteroatoms. The maximum Gasteiger partial charge on any atom is 0.277 e. The van der Waals surface area contributed by atoms with Crippen LogP contribution in [0.4, 0.5) is 4.39 Å². The van der Waals surface area contributed by atoms with Crippen LogP contribution in [-0.2, 0) is 10.0 Å². The first-order chi connectivity index (χ1) is 14.8. The van der Waals surface area contributed by atoms with Crippen molar-refractivity contribution in [2.24, 2.45) is 0 Å². The molecular weight excluding hydrogens is 441 g/mol. The number of carbonyl (C=O) groups excluding carboxylic acids is 1. The number of benzene rings is 2. The summed E-state index contributed by atoms with van der Waals surface area (Å²) in [5.74, 6) is -0.457. The average Bonchev–Trinajstić information content (AvgIpc) is 3.23. The van der Waals surface area contributed by atoms with E-state index in [1.54, 1.807) is 32.9 Å². The molecule has 0 amide bonds. The van der Waals surface area contributed by atoms with Gasteiger partial charge in [0, 0.05) is 24.2 Å². The minimum Gasteiger partial charge on any atom is -0.411 e. The van der Waals surface area contributed by atoms with E-state index >= 15 is 0 Å². The SMILES string of the molecule is CCN(CC)S(=O)(=O)c1cccc(-c2nnc(SC(C)C(=O)c3ccc(F)cc3)o2)c1. The molecule has 31 heavy (non-hydrogen) atoms. The summed E-state index contributed by atoms with van der Waals surface area (Å²) in [7, 11) is -3.62. The van der Waals surface area contributed by atoms with Gasteiger partial charge in [0.15, 0.2) is 5.78 Å². The van der Waals surface area contributed by atoms with E-state index < -0.39 is 21.1 Å². The molecule has 3 rings (SSSR count). The summed E-state index contributed by atoms with van der Waals surface area (Å²) in [5.41, 5.74) is 0.848. The van der Waals surface area contributed by atoms with E-state index in [2.05, 4.69) is 10.2 Å². The molecule has 0 radical (unpaired) electrons. The van der Waals surface area contributed by atoms with Crippen LogP contribution < -0.4 is 0 Å². The van der Waals surface area contributed by atoms with Crippen LogP contribution in [0, 0.1) is 5.82 Å². The highest BCUT2D eigenvalue weighted by atomic mass is 32.2. The van der Waals surface area contributed by atoms with Gasteiger partial charge in [0.2, 0.25) is 15.9 Å². The Kier molecular flexibility index (Phi) is 7.24. The number of ketones is 1. The summed E-state index contributed by atoms with van der Waals surface area (Å²) < 4.78 is 45.6. The van der Waals surface area contributed by atoms with Crippen LogP contribution in [0.5, 0.6) is 0 Å². The Labute approximate surface area is 184 Å². The normalized spacial score (nSPS) is 12.8. The first-order valence-electron chi connectivity index (χ1n) is 9.66. The molecule has 0 fully saturated rings. The summed E-state index contributed by atoms with van der Waals surface area (Å²) in [6, 6.07) is 11.6. The van der Waals surface area contributed by atoms with Gasteiger partial charge in [-0.1, -0.05) is 31.7 Å². The lowest BCUT2D eigenvalue weighted by Gasteiger charge is -2.18. The van der Waals surface area contributed by atoms with Crippen LogP contribution in [0.3, 0.4) is 0 Å². The van der Waals surface area contributed by atoms with Gasteiger partial charge in [-0.15, -0.1) is 10.2 Å². The minimum absolute atomic E-state index is 0.140. The summed E-state index contributed by atoms with van der Waals surface area (Å²) in [6.07, 6.45) is 0. The van der Waals surface area contributed by atoms with Crippen molar-refractivity contribution < 1.29 is 22.0 Å². The first-order valence-corrected chi connectivity index (χ1v) is 12.0. The monoisotopic (exact) mass is 463 g/mol. The molecule has 0 aliphatic carbocycles. The highest BCUT2D eigenvalue weighted by Gasteiger charge is 2.23. The molecule has 1 aromatic heterocycles. The Morgan fingerprint density at radius 3 is 2.45 bits per heavy atom. The van der Waals surface area contributed by atoms with E-state index in [4.69, 9.17) is 4.42 Å². The molecule has 0 N–H and O–H groups in total.